The average Bonchev–Trinajstić information content (AvgIpc) is 2.91. The van der Waals surface area contributed by atoms with Crippen molar-refractivity contribution in [2.45, 2.75) is 6.92 Å². The predicted octanol–water partition coefficient (Wildman–Crippen LogP) is 5.46. The van der Waals surface area contributed by atoms with Crippen LogP contribution in [0.3, 0.4) is 0 Å². The number of carbonyl (C=O) groups is 1. The molecule has 0 saturated heterocycles. The van der Waals surface area contributed by atoms with E-state index in [-0.39, 0.29) is 5.91 Å². The zero-order valence-electron chi connectivity index (χ0n) is 12.6. The summed E-state index contributed by atoms with van der Waals surface area (Å²) >= 11 is 18.5. The van der Waals surface area contributed by atoms with E-state index in [4.69, 9.17) is 34.8 Å². The average molecular weight is 381 g/mol. The third-order valence-corrected chi connectivity index (χ3v) is 4.16. The lowest BCUT2D eigenvalue weighted by Gasteiger charge is -2.10. The van der Waals surface area contributed by atoms with E-state index >= 15 is 0 Å². The van der Waals surface area contributed by atoms with Crippen LogP contribution in [0, 0.1) is 0 Å². The summed E-state index contributed by atoms with van der Waals surface area (Å²) in [6.45, 7) is 1.42. The molecule has 0 unspecified atom stereocenters. The topological polar surface area (TPSA) is 46.9 Å². The maximum atomic E-state index is 11.5. The number of rotatable bonds is 3. The molecule has 0 radical (unpaired) electrons. The monoisotopic (exact) mass is 379 g/mol. The molecule has 0 atom stereocenters. The lowest BCUT2D eigenvalue weighted by Crippen LogP contribution is -2.11. The minimum absolute atomic E-state index is 0.220. The molecule has 0 bridgehead atoms. The van der Waals surface area contributed by atoms with Gasteiger partial charge in [0, 0.05) is 23.6 Å². The summed E-state index contributed by atoms with van der Waals surface area (Å²) in [7, 11) is 0. The first-order valence-electron chi connectivity index (χ1n) is 7.03. The largest absolute Gasteiger partial charge is 0.311 e. The second-order valence-electron chi connectivity index (χ2n) is 5.08. The van der Waals surface area contributed by atoms with Gasteiger partial charge in [-0.2, -0.15) is 5.10 Å². The first-order chi connectivity index (χ1) is 11.5. The Morgan fingerprint density at radius 2 is 1.67 bits per heavy atom. The molecule has 1 amide bonds. The number of para-hydroxylation sites is 1. The van der Waals surface area contributed by atoms with Gasteiger partial charge in [0.05, 0.1) is 15.7 Å². The first-order valence-corrected chi connectivity index (χ1v) is 8.17. The van der Waals surface area contributed by atoms with Crippen molar-refractivity contribution in [2.24, 2.45) is 0 Å². The van der Waals surface area contributed by atoms with Gasteiger partial charge in [-0.15, -0.1) is 0 Å². The number of hydrogen-bond donors (Lipinski definition) is 1. The SMILES string of the molecule is CC(=O)Nc1cc(-c2ccc(Cl)cc2)nn1-c1c(Cl)cccc1Cl. The van der Waals surface area contributed by atoms with Gasteiger partial charge in [-0.05, 0) is 24.3 Å². The van der Waals surface area contributed by atoms with Crippen molar-refractivity contribution in [1.29, 1.82) is 0 Å². The first kappa shape index (κ1) is 16.8. The van der Waals surface area contributed by atoms with Gasteiger partial charge in [0.2, 0.25) is 5.91 Å². The zero-order chi connectivity index (χ0) is 17.3. The van der Waals surface area contributed by atoms with Crippen molar-refractivity contribution in [3.05, 3.63) is 63.6 Å². The molecule has 0 aliphatic rings. The van der Waals surface area contributed by atoms with E-state index in [1.165, 1.54) is 11.6 Å². The molecule has 1 aromatic heterocycles. The van der Waals surface area contributed by atoms with Gasteiger partial charge in [-0.25, -0.2) is 4.68 Å². The summed E-state index contributed by atoms with van der Waals surface area (Å²) in [6, 6.07) is 14.2. The van der Waals surface area contributed by atoms with E-state index in [9.17, 15) is 4.79 Å². The summed E-state index contributed by atoms with van der Waals surface area (Å²) in [6.07, 6.45) is 0. The molecule has 0 fully saturated rings. The van der Waals surface area contributed by atoms with Gasteiger partial charge >= 0.3 is 0 Å². The molecule has 1 N–H and O–H groups in total. The van der Waals surface area contributed by atoms with Crippen LogP contribution < -0.4 is 5.32 Å². The molecule has 122 valence electrons. The highest BCUT2D eigenvalue weighted by Crippen LogP contribution is 2.33. The summed E-state index contributed by atoms with van der Waals surface area (Å²) in [5, 5.41) is 8.79. The number of amides is 1. The Kier molecular flexibility index (Phi) is 4.81. The quantitative estimate of drug-likeness (QED) is 0.656. The van der Waals surface area contributed by atoms with Crippen LogP contribution in [0.5, 0.6) is 0 Å². The molecule has 4 nitrogen and oxygen atoms in total. The molecule has 2 aromatic carbocycles. The van der Waals surface area contributed by atoms with Crippen LogP contribution >= 0.6 is 34.8 Å². The van der Waals surface area contributed by atoms with Crippen LogP contribution in [0.25, 0.3) is 16.9 Å². The minimum atomic E-state index is -0.220. The van der Waals surface area contributed by atoms with Crippen molar-refractivity contribution in [1.82, 2.24) is 9.78 Å². The highest BCUT2D eigenvalue weighted by Gasteiger charge is 2.16. The van der Waals surface area contributed by atoms with Crippen molar-refractivity contribution < 1.29 is 4.79 Å². The lowest BCUT2D eigenvalue weighted by molar-refractivity contribution is -0.114. The van der Waals surface area contributed by atoms with Crippen LogP contribution in [-0.4, -0.2) is 15.7 Å². The Balaban J connectivity index is 2.17. The molecule has 7 heteroatoms. The van der Waals surface area contributed by atoms with Gasteiger partial charge in [0.25, 0.3) is 0 Å². The van der Waals surface area contributed by atoms with Gasteiger partial charge in [0.15, 0.2) is 0 Å². The second kappa shape index (κ2) is 6.85. The zero-order valence-corrected chi connectivity index (χ0v) is 14.8. The summed E-state index contributed by atoms with van der Waals surface area (Å²) in [5.74, 6) is 0.254. The Morgan fingerprint density at radius 1 is 1.04 bits per heavy atom. The number of anilines is 1. The minimum Gasteiger partial charge on any atom is -0.311 e. The Bertz CT molecular complexity index is 884. The van der Waals surface area contributed by atoms with Crippen molar-refractivity contribution >= 4 is 46.5 Å². The van der Waals surface area contributed by atoms with E-state index < -0.39 is 0 Å². The third kappa shape index (κ3) is 3.41. The van der Waals surface area contributed by atoms with E-state index in [1.54, 1.807) is 36.4 Å². The molecular formula is C17H12Cl3N3O. The van der Waals surface area contributed by atoms with Crippen LogP contribution in [0.4, 0.5) is 5.82 Å². The van der Waals surface area contributed by atoms with Gasteiger partial charge in [-0.3, -0.25) is 4.79 Å². The van der Waals surface area contributed by atoms with Gasteiger partial charge in [-0.1, -0.05) is 53.0 Å². The fourth-order valence-electron chi connectivity index (χ4n) is 2.27. The molecule has 3 rings (SSSR count). The summed E-state index contributed by atoms with van der Waals surface area (Å²) in [4.78, 5) is 11.5. The van der Waals surface area contributed by atoms with Gasteiger partial charge in [0.1, 0.15) is 11.5 Å². The van der Waals surface area contributed by atoms with E-state index in [2.05, 4.69) is 10.4 Å². The van der Waals surface area contributed by atoms with Crippen LogP contribution in [0.1, 0.15) is 6.92 Å². The highest BCUT2D eigenvalue weighted by molar-refractivity contribution is 6.37. The van der Waals surface area contributed by atoms with Crippen LogP contribution in [-0.2, 0) is 4.79 Å². The van der Waals surface area contributed by atoms with Crippen molar-refractivity contribution in [3.63, 3.8) is 0 Å². The molecule has 3 aromatic rings. The number of hydrogen-bond acceptors (Lipinski definition) is 2. The standard InChI is InChI=1S/C17H12Cl3N3O/c1-10(24)21-16-9-15(11-5-7-12(18)8-6-11)22-23(16)17-13(19)3-2-4-14(17)20/h2-9H,1H3,(H,21,24). The fraction of sp³-hybridized carbons (Fsp3) is 0.0588. The summed E-state index contributed by atoms with van der Waals surface area (Å²) < 4.78 is 1.52. The maximum absolute atomic E-state index is 11.5. The van der Waals surface area contributed by atoms with Crippen molar-refractivity contribution in [2.75, 3.05) is 5.32 Å². The third-order valence-electron chi connectivity index (χ3n) is 3.30. The number of benzene rings is 2. The number of nitrogens with one attached hydrogen (secondary N) is 1. The van der Waals surface area contributed by atoms with E-state index in [1.807, 2.05) is 12.1 Å². The molecule has 0 saturated carbocycles. The Labute approximate surface area is 154 Å². The second-order valence-corrected chi connectivity index (χ2v) is 6.34. The number of halogens is 3. The van der Waals surface area contributed by atoms with Gasteiger partial charge < -0.3 is 5.32 Å². The predicted molar refractivity (Wildman–Crippen MR) is 98.3 cm³/mol. The van der Waals surface area contributed by atoms with E-state index in [0.717, 1.165) is 5.56 Å². The van der Waals surface area contributed by atoms with Crippen LogP contribution in [0.15, 0.2) is 48.5 Å². The lowest BCUT2D eigenvalue weighted by atomic mass is 10.1. The molecule has 0 aliphatic carbocycles. The Hall–Kier alpha value is -2.01. The highest BCUT2D eigenvalue weighted by atomic mass is 35.5. The summed E-state index contributed by atoms with van der Waals surface area (Å²) in [5.41, 5.74) is 2.02. The smallest absolute Gasteiger partial charge is 0.222 e. The Morgan fingerprint density at radius 3 is 2.25 bits per heavy atom. The fourth-order valence-corrected chi connectivity index (χ4v) is 2.96. The normalized spacial score (nSPS) is 10.7. The van der Waals surface area contributed by atoms with E-state index in [0.29, 0.717) is 32.3 Å². The molecule has 0 aliphatic heterocycles. The molecular weight excluding hydrogens is 369 g/mol. The molecule has 0 spiro atoms. The number of aromatic nitrogens is 2. The number of carbonyl (C=O) groups excluding carboxylic acids is 1. The molecule has 24 heavy (non-hydrogen) atoms. The molecule has 1 heterocycles. The number of nitrogens with zero attached hydrogens (tertiary/aromatic N) is 2. The maximum Gasteiger partial charge on any atom is 0.222 e. The van der Waals surface area contributed by atoms with Crippen LogP contribution in [0.2, 0.25) is 15.1 Å². The van der Waals surface area contributed by atoms with Crippen molar-refractivity contribution in [3.8, 4) is 16.9 Å².